The molecule has 0 radical (unpaired) electrons. The van der Waals surface area contributed by atoms with Crippen LogP contribution in [0.4, 0.5) is 0 Å². The van der Waals surface area contributed by atoms with Crippen LogP contribution in [-0.4, -0.2) is 10.9 Å². The molecule has 1 amide bonds. The van der Waals surface area contributed by atoms with Crippen LogP contribution in [0.2, 0.25) is 0 Å². The molecule has 96 valence electrons. The third-order valence-electron chi connectivity index (χ3n) is 3.01. The summed E-state index contributed by atoms with van der Waals surface area (Å²) in [6.45, 7) is 2.00. The number of primary amides is 1. The Labute approximate surface area is 117 Å². The molecular weight excluding hydrogens is 256 g/mol. The fourth-order valence-electron chi connectivity index (χ4n) is 2.12. The van der Waals surface area contributed by atoms with Gasteiger partial charge in [0.05, 0.1) is 0 Å². The molecule has 0 unspecified atom stereocenters. The van der Waals surface area contributed by atoms with E-state index < -0.39 is 5.91 Å². The number of carbonyl (C=O) groups excluding carboxylic acids is 1. The van der Waals surface area contributed by atoms with Gasteiger partial charge >= 0.3 is 0 Å². The van der Waals surface area contributed by atoms with Crippen molar-refractivity contribution in [3.05, 3.63) is 59.2 Å². The monoisotopic (exact) mass is 270 g/mol. The van der Waals surface area contributed by atoms with E-state index in [4.69, 9.17) is 23.7 Å². The molecule has 0 bridgehead atoms. The van der Waals surface area contributed by atoms with Gasteiger partial charge < -0.3 is 11.5 Å². The predicted molar refractivity (Wildman–Crippen MR) is 81.0 cm³/mol. The lowest BCUT2D eigenvalue weighted by molar-refractivity contribution is 0.1000. The molecule has 0 aliphatic rings. The van der Waals surface area contributed by atoms with Crippen LogP contribution in [-0.2, 0) is 0 Å². The normalized spacial score (nSPS) is 10.2. The van der Waals surface area contributed by atoms with E-state index in [0.29, 0.717) is 11.1 Å². The van der Waals surface area contributed by atoms with Gasteiger partial charge in [-0.2, -0.15) is 0 Å². The third kappa shape index (κ3) is 2.48. The SMILES string of the molecule is Cc1ccccc1-c1cccc(C(N)=O)c1C(N)=S. The largest absolute Gasteiger partial charge is 0.389 e. The second-order valence-corrected chi connectivity index (χ2v) is 4.71. The van der Waals surface area contributed by atoms with Crippen LogP contribution < -0.4 is 11.5 Å². The number of hydrogen-bond donors (Lipinski definition) is 2. The number of thiocarbonyl (C=S) groups is 1. The Kier molecular flexibility index (Phi) is 3.62. The number of carbonyl (C=O) groups is 1. The van der Waals surface area contributed by atoms with Crippen molar-refractivity contribution in [3.8, 4) is 11.1 Å². The summed E-state index contributed by atoms with van der Waals surface area (Å²) in [5, 5.41) is 0. The van der Waals surface area contributed by atoms with Gasteiger partial charge in [-0.15, -0.1) is 0 Å². The molecule has 0 saturated carbocycles. The third-order valence-corrected chi connectivity index (χ3v) is 3.22. The van der Waals surface area contributed by atoms with E-state index in [2.05, 4.69) is 0 Å². The predicted octanol–water partition coefficient (Wildman–Crippen LogP) is 2.40. The Bertz CT molecular complexity index is 665. The van der Waals surface area contributed by atoms with Gasteiger partial charge in [0.25, 0.3) is 0 Å². The van der Waals surface area contributed by atoms with Crippen LogP contribution >= 0.6 is 12.2 Å². The van der Waals surface area contributed by atoms with Gasteiger partial charge in [0.1, 0.15) is 4.99 Å². The Balaban J connectivity index is 2.78. The summed E-state index contributed by atoms with van der Waals surface area (Å²) in [5.41, 5.74) is 15.0. The maximum absolute atomic E-state index is 11.5. The quantitative estimate of drug-likeness (QED) is 0.841. The fourth-order valence-corrected chi connectivity index (χ4v) is 2.34. The van der Waals surface area contributed by atoms with Gasteiger partial charge in [0.2, 0.25) is 5.91 Å². The van der Waals surface area contributed by atoms with Gasteiger partial charge in [-0.1, -0.05) is 48.6 Å². The molecule has 19 heavy (non-hydrogen) atoms. The molecule has 0 spiro atoms. The van der Waals surface area contributed by atoms with Crippen molar-refractivity contribution in [3.63, 3.8) is 0 Å². The maximum Gasteiger partial charge on any atom is 0.249 e. The first-order valence-electron chi connectivity index (χ1n) is 5.81. The van der Waals surface area contributed by atoms with Crippen LogP contribution in [0.5, 0.6) is 0 Å². The minimum atomic E-state index is -0.529. The van der Waals surface area contributed by atoms with Crippen LogP contribution in [0.15, 0.2) is 42.5 Å². The molecule has 0 aromatic heterocycles. The summed E-state index contributed by atoms with van der Waals surface area (Å²) in [6, 6.07) is 13.2. The zero-order chi connectivity index (χ0) is 14.0. The average molecular weight is 270 g/mol. The fraction of sp³-hybridized carbons (Fsp3) is 0.0667. The first-order valence-corrected chi connectivity index (χ1v) is 6.22. The lowest BCUT2D eigenvalue weighted by Crippen LogP contribution is -2.20. The summed E-state index contributed by atoms with van der Waals surface area (Å²) >= 11 is 5.07. The highest BCUT2D eigenvalue weighted by atomic mass is 32.1. The number of nitrogens with two attached hydrogens (primary N) is 2. The Morgan fingerprint density at radius 2 is 1.63 bits per heavy atom. The number of rotatable bonds is 3. The average Bonchev–Trinajstić information content (AvgIpc) is 2.38. The summed E-state index contributed by atoms with van der Waals surface area (Å²) < 4.78 is 0. The lowest BCUT2D eigenvalue weighted by Gasteiger charge is -2.13. The van der Waals surface area contributed by atoms with Crippen LogP contribution in [0.1, 0.15) is 21.5 Å². The van der Waals surface area contributed by atoms with Gasteiger partial charge in [-0.3, -0.25) is 4.79 Å². The maximum atomic E-state index is 11.5. The van der Waals surface area contributed by atoms with E-state index in [-0.39, 0.29) is 4.99 Å². The van der Waals surface area contributed by atoms with E-state index in [1.54, 1.807) is 12.1 Å². The van der Waals surface area contributed by atoms with Crippen LogP contribution in [0.25, 0.3) is 11.1 Å². The summed E-state index contributed by atoms with van der Waals surface area (Å²) in [6.07, 6.45) is 0. The van der Waals surface area contributed by atoms with E-state index in [0.717, 1.165) is 16.7 Å². The van der Waals surface area contributed by atoms with Gasteiger partial charge in [-0.05, 0) is 29.7 Å². The van der Waals surface area contributed by atoms with E-state index in [1.165, 1.54) is 0 Å². The van der Waals surface area contributed by atoms with Gasteiger partial charge in [-0.25, -0.2) is 0 Å². The molecule has 0 aliphatic carbocycles. The molecule has 2 aromatic rings. The number of aryl methyl sites for hydroxylation is 1. The first kappa shape index (κ1) is 13.2. The number of benzene rings is 2. The molecule has 0 atom stereocenters. The summed E-state index contributed by atoms with van der Waals surface area (Å²) in [7, 11) is 0. The van der Waals surface area contributed by atoms with Crippen molar-refractivity contribution in [2.45, 2.75) is 6.92 Å². The molecule has 0 heterocycles. The second-order valence-electron chi connectivity index (χ2n) is 4.27. The van der Waals surface area contributed by atoms with Crippen molar-refractivity contribution in [1.82, 2.24) is 0 Å². The smallest absolute Gasteiger partial charge is 0.249 e. The Hall–Kier alpha value is -2.20. The molecule has 2 aromatic carbocycles. The Morgan fingerprint density at radius 3 is 2.21 bits per heavy atom. The zero-order valence-electron chi connectivity index (χ0n) is 10.5. The molecule has 3 nitrogen and oxygen atoms in total. The lowest BCUT2D eigenvalue weighted by atomic mass is 9.92. The van der Waals surface area contributed by atoms with Crippen molar-refractivity contribution >= 4 is 23.1 Å². The van der Waals surface area contributed by atoms with Crippen molar-refractivity contribution < 1.29 is 4.79 Å². The molecule has 0 saturated heterocycles. The van der Waals surface area contributed by atoms with E-state index in [9.17, 15) is 4.79 Å². The molecular formula is C15H14N2OS. The molecule has 0 fully saturated rings. The zero-order valence-corrected chi connectivity index (χ0v) is 11.3. The molecule has 4 N–H and O–H groups in total. The molecule has 4 heteroatoms. The molecule has 0 aliphatic heterocycles. The first-order chi connectivity index (χ1) is 9.02. The van der Waals surface area contributed by atoms with E-state index >= 15 is 0 Å². The van der Waals surface area contributed by atoms with E-state index in [1.807, 2.05) is 37.3 Å². The van der Waals surface area contributed by atoms with Gasteiger partial charge in [0.15, 0.2) is 0 Å². The summed E-state index contributed by atoms with van der Waals surface area (Å²) in [4.78, 5) is 11.7. The minimum Gasteiger partial charge on any atom is -0.389 e. The van der Waals surface area contributed by atoms with Crippen LogP contribution in [0, 0.1) is 6.92 Å². The van der Waals surface area contributed by atoms with Crippen molar-refractivity contribution in [1.29, 1.82) is 0 Å². The topological polar surface area (TPSA) is 69.1 Å². The second kappa shape index (κ2) is 5.20. The van der Waals surface area contributed by atoms with Crippen molar-refractivity contribution in [2.24, 2.45) is 11.5 Å². The number of amides is 1. The molecule has 2 rings (SSSR count). The minimum absolute atomic E-state index is 0.174. The highest BCUT2D eigenvalue weighted by molar-refractivity contribution is 7.80. The summed E-state index contributed by atoms with van der Waals surface area (Å²) in [5.74, 6) is -0.529. The van der Waals surface area contributed by atoms with Crippen LogP contribution in [0.3, 0.4) is 0 Å². The van der Waals surface area contributed by atoms with Gasteiger partial charge in [0, 0.05) is 11.1 Å². The standard InChI is InChI=1S/C15H14N2OS/c1-9-5-2-3-6-10(9)11-7-4-8-12(14(16)18)13(11)15(17)19/h2-8H,1H3,(H2,16,18)(H2,17,19). The van der Waals surface area contributed by atoms with Crippen molar-refractivity contribution in [2.75, 3.05) is 0 Å². The Morgan fingerprint density at radius 1 is 1.00 bits per heavy atom. The highest BCUT2D eigenvalue weighted by Gasteiger charge is 2.16. The number of hydrogen-bond acceptors (Lipinski definition) is 2. The highest BCUT2D eigenvalue weighted by Crippen LogP contribution is 2.28.